The molecule has 0 atom stereocenters. The molecule has 1 aromatic heterocycles. The summed E-state index contributed by atoms with van der Waals surface area (Å²) in [6.07, 6.45) is 15.8. The second-order valence-electron chi connectivity index (χ2n) is 7.93. The smallest absolute Gasteiger partial charge is 0.159 e. The zero-order valence-electron chi connectivity index (χ0n) is 17.0. The first-order chi connectivity index (χ1) is 13.3. The fourth-order valence-electron chi connectivity index (χ4n) is 4.01. The van der Waals surface area contributed by atoms with Crippen LogP contribution in [-0.4, -0.2) is 16.6 Å². The van der Waals surface area contributed by atoms with E-state index in [9.17, 15) is 0 Å². The van der Waals surface area contributed by atoms with Crippen LogP contribution in [0, 0.1) is 5.92 Å². The first kappa shape index (κ1) is 19.9. The summed E-state index contributed by atoms with van der Waals surface area (Å²) < 4.78 is 5.73. The van der Waals surface area contributed by atoms with Crippen LogP contribution in [0.25, 0.3) is 11.4 Å². The average Bonchev–Trinajstić information content (AvgIpc) is 2.73. The van der Waals surface area contributed by atoms with E-state index in [4.69, 9.17) is 4.74 Å². The molecule has 0 bridgehead atoms. The number of rotatable bonds is 9. The molecule has 0 amide bonds. The minimum Gasteiger partial charge on any atom is -0.494 e. The Morgan fingerprint density at radius 1 is 0.889 bits per heavy atom. The summed E-state index contributed by atoms with van der Waals surface area (Å²) in [6.45, 7) is 5.24. The summed E-state index contributed by atoms with van der Waals surface area (Å²) in [5.41, 5.74) is 2.36. The van der Waals surface area contributed by atoms with Crippen LogP contribution in [0.1, 0.15) is 83.1 Å². The molecular weight excluding hydrogens is 332 g/mol. The standard InChI is InChI=1S/C24H34N2O/c1-3-5-7-19-8-10-20(11-9-19)22-17-25-24(26-18-22)21-12-14-23(15-13-21)27-16-6-4-2/h12-15,17-20H,3-11,16H2,1-2H3/t19-,20-. The molecule has 3 rings (SSSR count). The molecule has 1 saturated carbocycles. The van der Waals surface area contributed by atoms with Gasteiger partial charge in [-0.05, 0) is 73.8 Å². The Hall–Kier alpha value is -1.90. The molecule has 0 aliphatic heterocycles. The van der Waals surface area contributed by atoms with Crippen LogP contribution in [-0.2, 0) is 0 Å². The Labute approximate surface area is 164 Å². The van der Waals surface area contributed by atoms with Crippen LogP contribution in [0.15, 0.2) is 36.7 Å². The molecule has 3 heteroatoms. The molecule has 1 aliphatic rings. The van der Waals surface area contributed by atoms with Gasteiger partial charge in [-0.25, -0.2) is 9.97 Å². The van der Waals surface area contributed by atoms with Crippen molar-refractivity contribution in [3.63, 3.8) is 0 Å². The maximum atomic E-state index is 5.73. The van der Waals surface area contributed by atoms with Gasteiger partial charge in [0.15, 0.2) is 5.82 Å². The van der Waals surface area contributed by atoms with Crippen LogP contribution in [0.2, 0.25) is 0 Å². The minimum atomic E-state index is 0.645. The lowest BCUT2D eigenvalue weighted by molar-refractivity contribution is 0.304. The Kier molecular flexibility index (Phi) is 7.67. The highest BCUT2D eigenvalue weighted by Gasteiger charge is 2.22. The van der Waals surface area contributed by atoms with Gasteiger partial charge >= 0.3 is 0 Å². The van der Waals surface area contributed by atoms with Crippen LogP contribution in [0.5, 0.6) is 5.75 Å². The van der Waals surface area contributed by atoms with E-state index >= 15 is 0 Å². The predicted molar refractivity (Wildman–Crippen MR) is 112 cm³/mol. The van der Waals surface area contributed by atoms with Gasteiger partial charge in [0, 0.05) is 18.0 Å². The van der Waals surface area contributed by atoms with Crippen molar-refractivity contribution in [2.24, 2.45) is 5.92 Å². The van der Waals surface area contributed by atoms with Gasteiger partial charge in [0.25, 0.3) is 0 Å². The largest absolute Gasteiger partial charge is 0.494 e. The van der Waals surface area contributed by atoms with E-state index in [2.05, 4.69) is 35.9 Å². The molecule has 3 nitrogen and oxygen atoms in total. The Balaban J connectivity index is 1.54. The molecule has 27 heavy (non-hydrogen) atoms. The lowest BCUT2D eigenvalue weighted by Crippen LogP contribution is -2.13. The number of hydrogen-bond acceptors (Lipinski definition) is 3. The maximum Gasteiger partial charge on any atom is 0.159 e. The summed E-state index contributed by atoms with van der Waals surface area (Å²) in [5.74, 6) is 3.31. The van der Waals surface area contributed by atoms with Crippen molar-refractivity contribution in [2.75, 3.05) is 6.61 Å². The number of hydrogen-bond donors (Lipinski definition) is 0. The normalized spacial score (nSPS) is 19.8. The molecule has 0 N–H and O–H groups in total. The zero-order valence-corrected chi connectivity index (χ0v) is 17.0. The summed E-state index contributed by atoms with van der Waals surface area (Å²) in [6, 6.07) is 8.13. The van der Waals surface area contributed by atoms with E-state index in [-0.39, 0.29) is 0 Å². The van der Waals surface area contributed by atoms with E-state index in [1.807, 2.05) is 24.5 Å². The van der Waals surface area contributed by atoms with Gasteiger partial charge in [0.1, 0.15) is 5.75 Å². The molecule has 0 spiro atoms. The molecule has 1 aromatic carbocycles. The molecule has 1 heterocycles. The van der Waals surface area contributed by atoms with Crippen LogP contribution >= 0.6 is 0 Å². The zero-order chi connectivity index (χ0) is 18.9. The summed E-state index contributed by atoms with van der Waals surface area (Å²) in [5, 5.41) is 0. The fourth-order valence-corrected chi connectivity index (χ4v) is 4.01. The Morgan fingerprint density at radius 2 is 1.56 bits per heavy atom. The molecule has 1 fully saturated rings. The van der Waals surface area contributed by atoms with E-state index < -0.39 is 0 Å². The van der Waals surface area contributed by atoms with E-state index in [0.29, 0.717) is 5.92 Å². The number of nitrogens with zero attached hydrogens (tertiary/aromatic N) is 2. The van der Waals surface area contributed by atoms with Gasteiger partial charge in [-0.3, -0.25) is 0 Å². The number of benzene rings is 1. The van der Waals surface area contributed by atoms with Crippen molar-refractivity contribution in [1.29, 1.82) is 0 Å². The van der Waals surface area contributed by atoms with Gasteiger partial charge in [-0.15, -0.1) is 0 Å². The topological polar surface area (TPSA) is 35.0 Å². The minimum absolute atomic E-state index is 0.645. The molecule has 0 saturated heterocycles. The highest BCUT2D eigenvalue weighted by Crippen LogP contribution is 2.37. The summed E-state index contributed by atoms with van der Waals surface area (Å²) in [7, 11) is 0. The number of aromatic nitrogens is 2. The molecule has 146 valence electrons. The Morgan fingerprint density at radius 3 is 2.19 bits per heavy atom. The van der Waals surface area contributed by atoms with Crippen LogP contribution in [0.4, 0.5) is 0 Å². The molecule has 2 aromatic rings. The van der Waals surface area contributed by atoms with E-state index in [1.54, 1.807) is 0 Å². The number of ether oxygens (including phenoxy) is 1. The predicted octanol–water partition coefficient (Wildman–Crippen LogP) is 6.79. The quantitative estimate of drug-likeness (QED) is 0.458. The van der Waals surface area contributed by atoms with Crippen LogP contribution < -0.4 is 4.74 Å². The maximum absolute atomic E-state index is 5.73. The van der Waals surface area contributed by atoms with Gasteiger partial charge < -0.3 is 4.74 Å². The summed E-state index contributed by atoms with van der Waals surface area (Å²) >= 11 is 0. The van der Waals surface area contributed by atoms with Gasteiger partial charge in [0.05, 0.1) is 6.61 Å². The Bertz CT molecular complexity index is 658. The highest BCUT2D eigenvalue weighted by molar-refractivity contribution is 5.56. The first-order valence-electron chi connectivity index (χ1n) is 10.8. The second kappa shape index (κ2) is 10.4. The van der Waals surface area contributed by atoms with Crippen molar-refractivity contribution in [3.05, 3.63) is 42.2 Å². The van der Waals surface area contributed by atoms with E-state index in [0.717, 1.165) is 42.5 Å². The second-order valence-corrected chi connectivity index (χ2v) is 7.93. The summed E-state index contributed by atoms with van der Waals surface area (Å²) in [4.78, 5) is 9.29. The fraction of sp³-hybridized carbons (Fsp3) is 0.583. The third-order valence-corrected chi connectivity index (χ3v) is 5.84. The third kappa shape index (κ3) is 5.79. The van der Waals surface area contributed by atoms with Gasteiger partial charge in [-0.1, -0.05) is 39.5 Å². The molecular formula is C24H34N2O. The van der Waals surface area contributed by atoms with E-state index in [1.165, 1.54) is 50.5 Å². The SMILES string of the molecule is CCCCOc1ccc(-c2ncc([C@H]3CC[C@H](CCCC)CC3)cn2)cc1. The van der Waals surface area contributed by atoms with Gasteiger partial charge in [-0.2, -0.15) is 0 Å². The lowest BCUT2D eigenvalue weighted by atomic mass is 9.78. The molecule has 0 radical (unpaired) electrons. The lowest BCUT2D eigenvalue weighted by Gasteiger charge is -2.28. The van der Waals surface area contributed by atoms with Gasteiger partial charge in [0.2, 0.25) is 0 Å². The molecule has 0 unspecified atom stereocenters. The third-order valence-electron chi connectivity index (χ3n) is 5.84. The molecule has 1 aliphatic carbocycles. The van der Waals surface area contributed by atoms with Crippen molar-refractivity contribution < 1.29 is 4.74 Å². The van der Waals surface area contributed by atoms with Crippen LogP contribution in [0.3, 0.4) is 0 Å². The highest BCUT2D eigenvalue weighted by atomic mass is 16.5. The van der Waals surface area contributed by atoms with Crippen molar-refractivity contribution >= 4 is 0 Å². The van der Waals surface area contributed by atoms with Crippen molar-refractivity contribution in [2.45, 2.75) is 77.6 Å². The average molecular weight is 367 g/mol. The van der Waals surface area contributed by atoms with Crippen molar-refractivity contribution in [3.8, 4) is 17.1 Å². The number of unbranched alkanes of at least 4 members (excludes halogenated alkanes) is 2. The first-order valence-corrected chi connectivity index (χ1v) is 10.8. The monoisotopic (exact) mass is 366 g/mol. The van der Waals surface area contributed by atoms with Crippen molar-refractivity contribution in [1.82, 2.24) is 9.97 Å².